The zero-order chi connectivity index (χ0) is 12.3. The zero-order valence-electron chi connectivity index (χ0n) is 10.7. The lowest BCUT2D eigenvalue weighted by molar-refractivity contribution is 0.404. The predicted octanol–water partition coefficient (Wildman–Crippen LogP) is 3.39. The molecule has 0 amide bonds. The molecule has 1 unspecified atom stereocenters. The second kappa shape index (κ2) is 5.63. The van der Waals surface area contributed by atoms with E-state index >= 15 is 0 Å². The van der Waals surface area contributed by atoms with Gasteiger partial charge in [-0.25, -0.2) is 4.39 Å². The molecule has 0 heterocycles. The standard InChI is InChI=1S/C15H22FN/c1-11(2)17-10-14(13-6-7-13)8-12-4-3-5-15(16)9-12/h3-5,9,11,13-14,17H,6-8,10H2,1-2H3. The summed E-state index contributed by atoms with van der Waals surface area (Å²) in [4.78, 5) is 0. The maximum absolute atomic E-state index is 13.1. The highest BCUT2D eigenvalue weighted by molar-refractivity contribution is 5.17. The molecule has 0 bridgehead atoms. The lowest BCUT2D eigenvalue weighted by Crippen LogP contribution is -2.30. The molecule has 0 aromatic heterocycles. The fourth-order valence-electron chi connectivity index (χ4n) is 2.33. The molecule has 2 heteroatoms. The average molecular weight is 235 g/mol. The first kappa shape index (κ1) is 12.6. The van der Waals surface area contributed by atoms with E-state index in [2.05, 4.69) is 19.2 Å². The number of hydrogen-bond acceptors (Lipinski definition) is 1. The molecule has 1 atom stereocenters. The normalized spacial score (nSPS) is 17.4. The van der Waals surface area contributed by atoms with Crippen molar-refractivity contribution >= 4 is 0 Å². The molecule has 1 aromatic rings. The Labute approximate surface area is 103 Å². The van der Waals surface area contributed by atoms with E-state index in [0.717, 1.165) is 24.4 Å². The number of hydrogen-bond donors (Lipinski definition) is 1. The van der Waals surface area contributed by atoms with Crippen molar-refractivity contribution in [3.8, 4) is 0 Å². The first-order valence-electron chi connectivity index (χ1n) is 6.63. The van der Waals surface area contributed by atoms with E-state index in [1.807, 2.05) is 12.1 Å². The fraction of sp³-hybridized carbons (Fsp3) is 0.600. The lowest BCUT2D eigenvalue weighted by Gasteiger charge is -2.19. The summed E-state index contributed by atoms with van der Waals surface area (Å²) in [6, 6.07) is 7.56. The highest BCUT2D eigenvalue weighted by Crippen LogP contribution is 2.38. The summed E-state index contributed by atoms with van der Waals surface area (Å²) >= 11 is 0. The van der Waals surface area contributed by atoms with Crippen LogP contribution in [0.25, 0.3) is 0 Å². The Balaban J connectivity index is 1.93. The Morgan fingerprint density at radius 3 is 2.71 bits per heavy atom. The van der Waals surface area contributed by atoms with E-state index in [1.54, 1.807) is 6.07 Å². The Morgan fingerprint density at radius 2 is 2.12 bits per heavy atom. The van der Waals surface area contributed by atoms with Gasteiger partial charge in [0.25, 0.3) is 0 Å². The van der Waals surface area contributed by atoms with E-state index < -0.39 is 0 Å². The van der Waals surface area contributed by atoms with Gasteiger partial charge in [0.2, 0.25) is 0 Å². The Hall–Kier alpha value is -0.890. The Kier molecular flexibility index (Phi) is 4.16. The molecule has 1 N–H and O–H groups in total. The van der Waals surface area contributed by atoms with Crippen LogP contribution in [0.15, 0.2) is 24.3 Å². The quantitative estimate of drug-likeness (QED) is 0.797. The molecule has 0 spiro atoms. The van der Waals surface area contributed by atoms with Crippen molar-refractivity contribution in [2.75, 3.05) is 6.54 Å². The van der Waals surface area contributed by atoms with Gasteiger partial charge in [0, 0.05) is 6.04 Å². The molecule has 94 valence electrons. The molecule has 1 aromatic carbocycles. The minimum absolute atomic E-state index is 0.117. The largest absolute Gasteiger partial charge is 0.314 e. The van der Waals surface area contributed by atoms with Crippen molar-refractivity contribution in [2.45, 2.75) is 39.2 Å². The highest BCUT2D eigenvalue weighted by atomic mass is 19.1. The van der Waals surface area contributed by atoms with Gasteiger partial charge < -0.3 is 5.32 Å². The van der Waals surface area contributed by atoms with Gasteiger partial charge in [0.05, 0.1) is 0 Å². The molecule has 0 aliphatic heterocycles. The number of benzene rings is 1. The lowest BCUT2D eigenvalue weighted by atomic mass is 9.94. The summed E-state index contributed by atoms with van der Waals surface area (Å²) in [6.45, 7) is 5.40. The minimum Gasteiger partial charge on any atom is -0.314 e. The summed E-state index contributed by atoms with van der Waals surface area (Å²) in [7, 11) is 0. The molecular formula is C15H22FN. The molecule has 2 rings (SSSR count). The predicted molar refractivity (Wildman–Crippen MR) is 69.5 cm³/mol. The van der Waals surface area contributed by atoms with Crippen molar-refractivity contribution in [2.24, 2.45) is 11.8 Å². The molecule has 1 aliphatic rings. The van der Waals surface area contributed by atoms with Gasteiger partial charge in [-0.2, -0.15) is 0 Å². The molecular weight excluding hydrogens is 213 g/mol. The van der Waals surface area contributed by atoms with Crippen LogP contribution in [0.3, 0.4) is 0 Å². The number of nitrogens with one attached hydrogen (secondary N) is 1. The van der Waals surface area contributed by atoms with Gasteiger partial charge >= 0.3 is 0 Å². The van der Waals surface area contributed by atoms with Gasteiger partial charge in [-0.3, -0.25) is 0 Å². The van der Waals surface area contributed by atoms with Gasteiger partial charge in [-0.1, -0.05) is 26.0 Å². The van der Waals surface area contributed by atoms with Gasteiger partial charge in [0.15, 0.2) is 0 Å². The fourth-order valence-corrected chi connectivity index (χ4v) is 2.33. The third kappa shape index (κ3) is 4.12. The van der Waals surface area contributed by atoms with Gasteiger partial charge in [-0.15, -0.1) is 0 Å². The smallest absolute Gasteiger partial charge is 0.123 e. The van der Waals surface area contributed by atoms with E-state index in [1.165, 1.54) is 18.9 Å². The monoisotopic (exact) mass is 235 g/mol. The van der Waals surface area contributed by atoms with Crippen molar-refractivity contribution in [3.05, 3.63) is 35.6 Å². The first-order chi connectivity index (χ1) is 8.15. The third-order valence-corrected chi connectivity index (χ3v) is 3.46. The first-order valence-corrected chi connectivity index (χ1v) is 6.63. The summed E-state index contributed by atoms with van der Waals surface area (Å²) in [5, 5.41) is 3.51. The average Bonchev–Trinajstić information content (AvgIpc) is 3.07. The van der Waals surface area contributed by atoms with Crippen LogP contribution in [0, 0.1) is 17.7 Å². The van der Waals surface area contributed by atoms with Crippen molar-refractivity contribution in [1.82, 2.24) is 5.32 Å². The summed E-state index contributed by atoms with van der Waals surface area (Å²) in [5.41, 5.74) is 1.13. The highest BCUT2D eigenvalue weighted by Gasteiger charge is 2.30. The maximum atomic E-state index is 13.1. The van der Waals surface area contributed by atoms with Crippen LogP contribution in [-0.2, 0) is 6.42 Å². The van der Waals surface area contributed by atoms with Gasteiger partial charge in [-0.05, 0) is 55.3 Å². The second-order valence-electron chi connectivity index (χ2n) is 5.49. The SMILES string of the molecule is CC(C)NCC(Cc1cccc(F)c1)C1CC1. The summed E-state index contributed by atoms with van der Waals surface area (Å²) < 4.78 is 13.1. The van der Waals surface area contributed by atoms with Crippen molar-refractivity contribution in [1.29, 1.82) is 0 Å². The molecule has 0 radical (unpaired) electrons. The van der Waals surface area contributed by atoms with E-state index in [9.17, 15) is 4.39 Å². The van der Waals surface area contributed by atoms with Gasteiger partial charge in [0.1, 0.15) is 5.82 Å². The van der Waals surface area contributed by atoms with Crippen LogP contribution >= 0.6 is 0 Å². The maximum Gasteiger partial charge on any atom is 0.123 e. The summed E-state index contributed by atoms with van der Waals surface area (Å²) in [5.74, 6) is 1.40. The van der Waals surface area contributed by atoms with Crippen molar-refractivity contribution < 1.29 is 4.39 Å². The van der Waals surface area contributed by atoms with E-state index in [4.69, 9.17) is 0 Å². The molecule has 17 heavy (non-hydrogen) atoms. The van der Waals surface area contributed by atoms with Crippen LogP contribution < -0.4 is 5.32 Å². The van der Waals surface area contributed by atoms with Crippen LogP contribution in [0.1, 0.15) is 32.3 Å². The molecule has 0 saturated heterocycles. The van der Waals surface area contributed by atoms with Crippen LogP contribution in [0.2, 0.25) is 0 Å². The molecule has 1 saturated carbocycles. The topological polar surface area (TPSA) is 12.0 Å². The van der Waals surface area contributed by atoms with Crippen LogP contribution in [0.4, 0.5) is 4.39 Å². The molecule has 1 nitrogen and oxygen atoms in total. The van der Waals surface area contributed by atoms with E-state index in [-0.39, 0.29) is 5.82 Å². The number of halogens is 1. The molecule has 1 aliphatic carbocycles. The Morgan fingerprint density at radius 1 is 1.35 bits per heavy atom. The summed E-state index contributed by atoms with van der Waals surface area (Å²) in [6.07, 6.45) is 3.70. The second-order valence-corrected chi connectivity index (χ2v) is 5.49. The number of rotatable bonds is 6. The van der Waals surface area contributed by atoms with Crippen LogP contribution in [-0.4, -0.2) is 12.6 Å². The van der Waals surface area contributed by atoms with Crippen molar-refractivity contribution in [3.63, 3.8) is 0 Å². The Bertz CT molecular complexity index is 358. The minimum atomic E-state index is -0.117. The molecule has 1 fully saturated rings. The zero-order valence-corrected chi connectivity index (χ0v) is 10.7. The third-order valence-electron chi connectivity index (χ3n) is 3.46. The van der Waals surface area contributed by atoms with E-state index in [0.29, 0.717) is 12.0 Å². The van der Waals surface area contributed by atoms with Crippen LogP contribution in [0.5, 0.6) is 0 Å².